The van der Waals surface area contributed by atoms with Gasteiger partial charge in [-0.1, -0.05) is 30.3 Å². The van der Waals surface area contributed by atoms with Crippen molar-refractivity contribution in [2.45, 2.75) is 19.1 Å². The molecule has 1 aromatic rings. The molecule has 0 heterocycles. The molecule has 0 unspecified atom stereocenters. The Balaban J connectivity index is 2.10. The predicted molar refractivity (Wildman–Crippen MR) is 77.1 cm³/mol. The molecule has 0 amide bonds. The van der Waals surface area contributed by atoms with E-state index in [1.54, 1.807) is 24.3 Å². The van der Waals surface area contributed by atoms with Gasteiger partial charge in [0.25, 0.3) is 10.1 Å². The number of hydrogen-bond donors (Lipinski definition) is 0. The summed E-state index contributed by atoms with van der Waals surface area (Å²) >= 11 is 0. The van der Waals surface area contributed by atoms with Crippen molar-refractivity contribution in [3.63, 3.8) is 0 Å². The minimum atomic E-state index is -3.57. The second kappa shape index (κ2) is 9.49. The molecule has 21 heavy (non-hydrogen) atoms. The van der Waals surface area contributed by atoms with E-state index in [2.05, 4.69) is 4.74 Å². The number of hydrogen-bond acceptors (Lipinski definition) is 6. The van der Waals surface area contributed by atoms with E-state index < -0.39 is 10.1 Å². The van der Waals surface area contributed by atoms with E-state index in [9.17, 15) is 13.2 Å². The second-order valence-corrected chi connectivity index (χ2v) is 5.96. The van der Waals surface area contributed by atoms with Gasteiger partial charge in [0.2, 0.25) is 0 Å². The van der Waals surface area contributed by atoms with Crippen molar-refractivity contribution < 1.29 is 26.9 Å². The molecule has 0 aromatic heterocycles. The molecule has 1 rings (SSSR count). The molecular formula is C14H20O6S. The Bertz CT molecular complexity index is 512. The Morgan fingerprint density at radius 3 is 2.43 bits per heavy atom. The zero-order valence-electron chi connectivity index (χ0n) is 12.0. The first kappa shape index (κ1) is 17.6. The van der Waals surface area contributed by atoms with Crippen molar-refractivity contribution in [2.75, 3.05) is 26.4 Å². The number of carbonyl (C=O) groups is 1. The largest absolute Gasteiger partial charge is 0.463 e. The first-order valence-electron chi connectivity index (χ1n) is 6.62. The molecule has 0 atom stereocenters. The maximum Gasteiger partial charge on any atom is 0.302 e. The van der Waals surface area contributed by atoms with Gasteiger partial charge in [-0.2, -0.15) is 8.42 Å². The molecule has 0 fully saturated rings. The molecule has 0 spiro atoms. The molecule has 0 bridgehead atoms. The van der Waals surface area contributed by atoms with Gasteiger partial charge in [0.15, 0.2) is 0 Å². The summed E-state index contributed by atoms with van der Waals surface area (Å²) in [6.07, 6.45) is 0.452. The molecule has 0 N–H and O–H groups in total. The summed E-state index contributed by atoms with van der Waals surface area (Å²) in [5.41, 5.74) is 0.690. The Hall–Kier alpha value is -1.44. The first-order chi connectivity index (χ1) is 9.99. The van der Waals surface area contributed by atoms with Crippen molar-refractivity contribution in [2.24, 2.45) is 0 Å². The highest BCUT2D eigenvalue weighted by molar-refractivity contribution is 7.85. The van der Waals surface area contributed by atoms with Gasteiger partial charge < -0.3 is 9.47 Å². The van der Waals surface area contributed by atoms with Gasteiger partial charge in [0.05, 0.1) is 13.2 Å². The lowest BCUT2D eigenvalue weighted by molar-refractivity contribution is -0.142. The SMILES string of the molecule is CC(=O)OCCOCCCOS(=O)(=O)Cc1ccccc1. The van der Waals surface area contributed by atoms with Gasteiger partial charge in [-0.3, -0.25) is 8.98 Å². The third-order valence-electron chi connectivity index (χ3n) is 2.42. The average Bonchev–Trinajstić information content (AvgIpc) is 2.42. The number of rotatable bonds is 10. The van der Waals surface area contributed by atoms with E-state index in [1.807, 2.05) is 6.07 Å². The smallest absolute Gasteiger partial charge is 0.302 e. The van der Waals surface area contributed by atoms with Crippen LogP contribution >= 0.6 is 0 Å². The molecule has 0 aliphatic heterocycles. The van der Waals surface area contributed by atoms with Gasteiger partial charge in [-0.25, -0.2) is 0 Å². The van der Waals surface area contributed by atoms with Crippen LogP contribution < -0.4 is 0 Å². The predicted octanol–water partition coefficient (Wildman–Crippen LogP) is 1.50. The average molecular weight is 316 g/mol. The highest BCUT2D eigenvalue weighted by atomic mass is 32.2. The lowest BCUT2D eigenvalue weighted by Gasteiger charge is -2.06. The minimum Gasteiger partial charge on any atom is -0.463 e. The number of carbonyl (C=O) groups excluding carboxylic acids is 1. The van der Waals surface area contributed by atoms with E-state index in [1.165, 1.54) is 6.92 Å². The quantitative estimate of drug-likeness (QED) is 0.370. The third kappa shape index (κ3) is 9.17. The summed E-state index contributed by atoms with van der Waals surface area (Å²) in [6.45, 7) is 2.23. The molecule has 0 aliphatic carbocycles. The van der Waals surface area contributed by atoms with Crippen molar-refractivity contribution >= 4 is 16.1 Å². The summed E-state index contributed by atoms with van der Waals surface area (Å²) in [4.78, 5) is 10.5. The van der Waals surface area contributed by atoms with Crippen LogP contribution in [0, 0.1) is 0 Å². The van der Waals surface area contributed by atoms with E-state index in [4.69, 9.17) is 8.92 Å². The summed E-state index contributed by atoms with van der Waals surface area (Å²) < 4.78 is 38.1. The number of ether oxygens (including phenoxy) is 2. The Morgan fingerprint density at radius 1 is 1.05 bits per heavy atom. The van der Waals surface area contributed by atoms with E-state index in [0.717, 1.165) is 0 Å². The molecule has 0 saturated carbocycles. The summed E-state index contributed by atoms with van der Waals surface area (Å²) in [6, 6.07) is 8.85. The monoisotopic (exact) mass is 316 g/mol. The van der Waals surface area contributed by atoms with E-state index in [0.29, 0.717) is 18.6 Å². The lowest BCUT2D eigenvalue weighted by Crippen LogP contribution is -2.12. The standard InChI is InChI=1S/C14H20O6S/c1-13(15)19-11-10-18-8-5-9-20-21(16,17)12-14-6-3-2-4-7-14/h2-4,6-7H,5,8-12H2,1H3. The van der Waals surface area contributed by atoms with Gasteiger partial charge in [-0.15, -0.1) is 0 Å². The Labute approximate surface area is 125 Å². The van der Waals surface area contributed by atoms with Gasteiger partial charge in [0.1, 0.15) is 12.4 Å². The van der Waals surface area contributed by atoms with Crippen LogP contribution in [-0.4, -0.2) is 40.8 Å². The van der Waals surface area contributed by atoms with Crippen LogP contribution in [0.3, 0.4) is 0 Å². The van der Waals surface area contributed by atoms with E-state index >= 15 is 0 Å². The van der Waals surface area contributed by atoms with Gasteiger partial charge in [-0.05, 0) is 12.0 Å². The van der Waals surface area contributed by atoms with Crippen LogP contribution in [0.5, 0.6) is 0 Å². The highest BCUT2D eigenvalue weighted by Crippen LogP contribution is 2.07. The van der Waals surface area contributed by atoms with Crippen LogP contribution in [0.4, 0.5) is 0 Å². The first-order valence-corrected chi connectivity index (χ1v) is 8.19. The highest BCUT2D eigenvalue weighted by Gasteiger charge is 2.11. The molecule has 0 saturated heterocycles. The zero-order chi connectivity index (χ0) is 15.6. The Morgan fingerprint density at radius 2 is 1.76 bits per heavy atom. The molecule has 6 nitrogen and oxygen atoms in total. The zero-order valence-corrected chi connectivity index (χ0v) is 12.8. The van der Waals surface area contributed by atoms with Gasteiger partial charge >= 0.3 is 5.97 Å². The van der Waals surface area contributed by atoms with Crippen LogP contribution in [-0.2, 0) is 34.3 Å². The lowest BCUT2D eigenvalue weighted by atomic mass is 10.2. The second-order valence-electron chi connectivity index (χ2n) is 4.32. The van der Waals surface area contributed by atoms with Crippen LogP contribution in [0.15, 0.2) is 30.3 Å². The summed E-state index contributed by atoms with van der Waals surface area (Å²) in [5, 5.41) is 0. The fourth-order valence-electron chi connectivity index (χ4n) is 1.51. The molecular weight excluding hydrogens is 296 g/mol. The fourth-order valence-corrected chi connectivity index (χ4v) is 2.57. The maximum atomic E-state index is 11.7. The van der Waals surface area contributed by atoms with Crippen LogP contribution in [0.25, 0.3) is 0 Å². The van der Waals surface area contributed by atoms with Crippen molar-refractivity contribution in [3.8, 4) is 0 Å². The van der Waals surface area contributed by atoms with Crippen LogP contribution in [0.1, 0.15) is 18.9 Å². The summed E-state index contributed by atoms with van der Waals surface area (Å²) in [5.74, 6) is -0.491. The molecule has 0 radical (unpaired) electrons. The number of esters is 1. The number of benzene rings is 1. The molecule has 118 valence electrons. The molecule has 1 aromatic carbocycles. The topological polar surface area (TPSA) is 78.9 Å². The summed E-state index contributed by atoms with van der Waals surface area (Å²) in [7, 11) is -3.57. The minimum absolute atomic E-state index is 0.0722. The van der Waals surface area contributed by atoms with Crippen molar-refractivity contribution in [1.29, 1.82) is 0 Å². The van der Waals surface area contributed by atoms with Crippen molar-refractivity contribution in [1.82, 2.24) is 0 Å². The van der Waals surface area contributed by atoms with Crippen molar-refractivity contribution in [3.05, 3.63) is 35.9 Å². The van der Waals surface area contributed by atoms with Crippen LogP contribution in [0.2, 0.25) is 0 Å². The Kier molecular flexibility index (Phi) is 7.96. The normalized spacial score (nSPS) is 11.3. The third-order valence-corrected chi connectivity index (χ3v) is 3.63. The van der Waals surface area contributed by atoms with Gasteiger partial charge in [0, 0.05) is 13.5 Å². The molecule has 7 heteroatoms. The molecule has 0 aliphatic rings. The maximum absolute atomic E-state index is 11.7. The fraction of sp³-hybridized carbons (Fsp3) is 0.500. The van der Waals surface area contributed by atoms with E-state index in [-0.39, 0.29) is 31.5 Å².